The number of carbonyl (C=O) groups is 1. The Morgan fingerprint density at radius 2 is 2.22 bits per heavy atom. The second-order valence-electron chi connectivity index (χ2n) is 6.44. The Balaban J connectivity index is 2.00. The Labute approximate surface area is 133 Å². The van der Waals surface area contributed by atoms with Gasteiger partial charge in [-0.2, -0.15) is 0 Å². The lowest BCUT2D eigenvalue weighted by molar-refractivity contribution is -0.535. The number of methoxy groups -OCH3 is 1. The minimum Gasteiger partial charge on any atom is -0.493 e. The van der Waals surface area contributed by atoms with Gasteiger partial charge in [-0.3, -0.25) is 14.9 Å². The van der Waals surface area contributed by atoms with Gasteiger partial charge in [0.15, 0.2) is 17.3 Å². The van der Waals surface area contributed by atoms with Crippen molar-refractivity contribution in [3.8, 4) is 11.5 Å². The van der Waals surface area contributed by atoms with Crippen LogP contribution in [0.4, 0.5) is 0 Å². The van der Waals surface area contributed by atoms with E-state index >= 15 is 0 Å². The van der Waals surface area contributed by atoms with Crippen LogP contribution in [0.1, 0.15) is 24.0 Å². The molecule has 4 rings (SSSR count). The van der Waals surface area contributed by atoms with Gasteiger partial charge >= 0.3 is 0 Å². The highest BCUT2D eigenvalue weighted by atomic mass is 16.6. The van der Waals surface area contributed by atoms with E-state index in [-0.39, 0.29) is 23.0 Å². The summed E-state index contributed by atoms with van der Waals surface area (Å²) >= 11 is 0. The summed E-state index contributed by atoms with van der Waals surface area (Å²) in [6.45, 7) is 0.465. The average Bonchev–Trinajstić information content (AvgIpc) is 2.55. The maximum atomic E-state index is 11.9. The topological polar surface area (TPSA) is 78.7 Å². The van der Waals surface area contributed by atoms with Crippen molar-refractivity contribution in [2.75, 3.05) is 13.7 Å². The minimum atomic E-state index is -0.740. The van der Waals surface area contributed by atoms with Crippen LogP contribution in [0.25, 0.3) is 0 Å². The van der Waals surface area contributed by atoms with Gasteiger partial charge in [-0.25, -0.2) is 0 Å². The summed E-state index contributed by atoms with van der Waals surface area (Å²) in [5, 5.41) is 11.6. The standard InChI is InChI=1S/C17H17NO5/c1-22-14-3-2-10-8-13(18(20)21)12-9-11(19)4-5-17(12)6-7-23-16(14)15(10)17/h2-5,12-13H,6-9H2,1H3. The number of hydrogen-bond donors (Lipinski definition) is 0. The third kappa shape index (κ3) is 1.84. The summed E-state index contributed by atoms with van der Waals surface area (Å²) in [4.78, 5) is 23.3. The van der Waals surface area contributed by atoms with E-state index in [1.54, 1.807) is 13.2 Å². The number of hydrogen-bond acceptors (Lipinski definition) is 5. The second-order valence-corrected chi connectivity index (χ2v) is 6.44. The zero-order valence-corrected chi connectivity index (χ0v) is 12.8. The average molecular weight is 315 g/mol. The molecule has 0 saturated carbocycles. The van der Waals surface area contributed by atoms with Gasteiger partial charge in [0, 0.05) is 34.7 Å². The fraction of sp³-hybridized carbons (Fsp3) is 0.471. The lowest BCUT2D eigenvalue weighted by Gasteiger charge is -2.48. The van der Waals surface area contributed by atoms with Crippen molar-refractivity contribution in [2.24, 2.45) is 5.92 Å². The van der Waals surface area contributed by atoms with Crippen LogP contribution in [0.15, 0.2) is 24.3 Å². The smallest absolute Gasteiger partial charge is 0.221 e. The van der Waals surface area contributed by atoms with Crippen LogP contribution in [0.3, 0.4) is 0 Å². The van der Waals surface area contributed by atoms with E-state index in [0.717, 1.165) is 11.1 Å². The molecule has 6 heteroatoms. The molecule has 3 atom stereocenters. The normalized spacial score (nSPS) is 30.9. The molecule has 0 aromatic heterocycles. The van der Waals surface area contributed by atoms with E-state index in [9.17, 15) is 14.9 Å². The molecule has 120 valence electrons. The first-order valence-corrected chi connectivity index (χ1v) is 7.75. The highest BCUT2D eigenvalue weighted by Crippen LogP contribution is 2.56. The van der Waals surface area contributed by atoms with Crippen molar-refractivity contribution >= 4 is 5.78 Å². The molecule has 0 fully saturated rings. The van der Waals surface area contributed by atoms with E-state index in [0.29, 0.717) is 30.9 Å². The van der Waals surface area contributed by atoms with E-state index in [2.05, 4.69) is 0 Å². The van der Waals surface area contributed by atoms with Gasteiger partial charge in [0.1, 0.15) is 0 Å². The van der Waals surface area contributed by atoms with Gasteiger partial charge in [0.05, 0.1) is 13.7 Å². The predicted molar refractivity (Wildman–Crippen MR) is 81.5 cm³/mol. The molecule has 0 amide bonds. The van der Waals surface area contributed by atoms with Crippen LogP contribution in [0.2, 0.25) is 0 Å². The van der Waals surface area contributed by atoms with Crippen molar-refractivity contribution in [3.05, 3.63) is 45.5 Å². The number of nitrogens with zero attached hydrogens (tertiary/aromatic N) is 1. The summed E-state index contributed by atoms with van der Waals surface area (Å²) in [6, 6.07) is 2.96. The molecule has 1 aromatic rings. The van der Waals surface area contributed by atoms with Crippen LogP contribution in [0.5, 0.6) is 11.5 Å². The predicted octanol–water partition coefficient (Wildman–Crippen LogP) is 2.06. The summed E-state index contributed by atoms with van der Waals surface area (Å²) in [5.74, 6) is 0.970. The van der Waals surface area contributed by atoms with Gasteiger partial charge in [-0.15, -0.1) is 0 Å². The van der Waals surface area contributed by atoms with E-state index in [1.165, 1.54) is 0 Å². The summed E-state index contributed by atoms with van der Waals surface area (Å²) in [7, 11) is 1.59. The quantitative estimate of drug-likeness (QED) is 0.616. The number of carbonyl (C=O) groups excluding carboxylic acids is 1. The number of ether oxygens (including phenoxy) is 2. The Hall–Kier alpha value is -2.37. The fourth-order valence-electron chi connectivity index (χ4n) is 4.47. The van der Waals surface area contributed by atoms with Gasteiger partial charge in [0.2, 0.25) is 6.04 Å². The summed E-state index contributed by atoms with van der Waals surface area (Å²) < 4.78 is 11.3. The van der Waals surface area contributed by atoms with Crippen molar-refractivity contribution in [3.63, 3.8) is 0 Å². The van der Waals surface area contributed by atoms with Crippen molar-refractivity contribution in [1.29, 1.82) is 0 Å². The number of allylic oxidation sites excluding steroid dienone is 2. The first-order valence-electron chi connectivity index (χ1n) is 7.75. The molecule has 0 saturated heterocycles. The minimum absolute atomic E-state index is 0.0353. The Bertz CT molecular complexity index is 741. The third-order valence-electron chi connectivity index (χ3n) is 5.47. The molecule has 1 aliphatic heterocycles. The number of nitro groups is 1. The molecule has 3 aliphatic rings. The summed E-state index contributed by atoms with van der Waals surface area (Å²) in [6.07, 6.45) is 4.66. The first kappa shape index (κ1) is 14.2. The zero-order chi connectivity index (χ0) is 16.2. The van der Waals surface area contributed by atoms with Gasteiger partial charge in [0.25, 0.3) is 0 Å². The van der Waals surface area contributed by atoms with Gasteiger partial charge < -0.3 is 9.47 Å². The van der Waals surface area contributed by atoms with Crippen LogP contribution in [-0.4, -0.2) is 30.5 Å². The Morgan fingerprint density at radius 1 is 1.39 bits per heavy atom. The third-order valence-corrected chi connectivity index (χ3v) is 5.47. The van der Waals surface area contributed by atoms with E-state index < -0.39 is 11.5 Å². The fourth-order valence-corrected chi connectivity index (χ4v) is 4.47. The molecular weight excluding hydrogens is 298 g/mol. The maximum Gasteiger partial charge on any atom is 0.221 e. The zero-order valence-electron chi connectivity index (χ0n) is 12.8. The highest BCUT2D eigenvalue weighted by Gasteiger charge is 2.56. The van der Waals surface area contributed by atoms with Gasteiger partial charge in [-0.1, -0.05) is 12.1 Å². The number of ketones is 1. The lowest BCUT2D eigenvalue weighted by atomic mass is 9.56. The SMILES string of the molecule is COc1ccc2c3c1OCCC31C=CC(=O)CC1C([N+](=O)[O-])C2. The van der Waals surface area contributed by atoms with E-state index in [1.807, 2.05) is 18.2 Å². The largest absolute Gasteiger partial charge is 0.493 e. The Kier molecular flexibility index (Phi) is 2.98. The molecule has 0 bridgehead atoms. The highest BCUT2D eigenvalue weighted by molar-refractivity contribution is 5.92. The van der Waals surface area contributed by atoms with Crippen molar-refractivity contribution < 1.29 is 19.2 Å². The van der Waals surface area contributed by atoms with E-state index in [4.69, 9.17) is 9.47 Å². The second kappa shape index (κ2) is 4.81. The van der Waals surface area contributed by atoms with Crippen molar-refractivity contribution in [1.82, 2.24) is 0 Å². The number of rotatable bonds is 2. The monoisotopic (exact) mass is 315 g/mol. The van der Waals surface area contributed by atoms with Crippen molar-refractivity contribution in [2.45, 2.75) is 30.7 Å². The van der Waals surface area contributed by atoms with Crippen LogP contribution in [-0.2, 0) is 16.6 Å². The van der Waals surface area contributed by atoms with Crippen LogP contribution in [0, 0.1) is 16.0 Å². The molecule has 1 aromatic carbocycles. The summed E-state index contributed by atoms with van der Waals surface area (Å²) in [5.41, 5.74) is 1.41. The van der Waals surface area contributed by atoms with Crippen LogP contribution >= 0.6 is 0 Å². The molecule has 6 nitrogen and oxygen atoms in total. The lowest BCUT2D eigenvalue weighted by Crippen LogP contribution is -2.53. The van der Waals surface area contributed by atoms with Crippen LogP contribution < -0.4 is 9.47 Å². The molecular formula is C17H17NO5. The first-order chi connectivity index (χ1) is 11.1. The maximum absolute atomic E-state index is 11.9. The molecule has 2 aliphatic carbocycles. The molecule has 0 radical (unpaired) electrons. The molecule has 1 heterocycles. The molecule has 1 spiro atoms. The molecule has 23 heavy (non-hydrogen) atoms. The Morgan fingerprint density at radius 3 is 2.96 bits per heavy atom. The number of benzene rings is 1. The molecule has 3 unspecified atom stereocenters. The molecule has 0 N–H and O–H groups in total. The van der Waals surface area contributed by atoms with Gasteiger partial charge in [-0.05, 0) is 24.1 Å².